The first-order valence-corrected chi connectivity index (χ1v) is 6.44. The van der Waals surface area contributed by atoms with E-state index in [4.69, 9.17) is 11.6 Å². The molecule has 3 N–H and O–H groups in total. The van der Waals surface area contributed by atoms with Crippen molar-refractivity contribution in [1.29, 1.82) is 0 Å². The molecule has 2 aromatic carbocycles. The zero-order valence-electron chi connectivity index (χ0n) is 10.6. The molecule has 3 nitrogen and oxygen atoms in total. The summed E-state index contributed by atoms with van der Waals surface area (Å²) >= 11 is 5.83. The number of benzene rings is 2. The van der Waals surface area contributed by atoms with E-state index in [2.05, 4.69) is 5.32 Å². The van der Waals surface area contributed by atoms with Gasteiger partial charge >= 0.3 is 0 Å². The van der Waals surface area contributed by atoms with Crippen molar-refractivity contribution < 1.29 is 10.2 Å². The van der Waals surface area contributed by atoms with Crippen LogP contribution < -0.4 is 5.32 Å². The fraction of sp³-hybridized carbons (Fsp3) is 0.200. The number of phenols is 2. The van der Waals surface area contributed by atoms with Gasteiger partial charge < -0.3 is 15.5 Å². The summed E-state index contributed by atoms with van der Waals surface area (Å²) in [5, 5.41) is 23.5. The van der Waals surface area contributed by atoms with Crippen molar-refractivity contribution in [3.63, 3.8) is 0 Å². The van der Waals surface area contributed by atoms with E-state index in [1.54, 1.807) is 18.2 Å². The first kappa shape index (κ1) is 13.7. The Balaban J connectivity index is 2.05. The van der Waals surface area contributed by atoms with Gasteiger partial charge in [-0.15, -0.1) is 0 Å². The standard InChI is InChI=1S/C15H16ClNO2/c1-10(15-13(18)3-2-4-14(15)19)17-9-11-5-7-12(16)8-6-11/h2-8,10,17-19H,9H2,1H3. The number of aromatic hydroxyl groups is 2. The smallest absolute Gasteiger partial charge is 0.124 e. The Kier molecular flexibility index (Phi) is 4.30. The van der Waals surface area contributed by atoms with E-state index in [1.807, 2.05) is 31.2 Å². The zero-order valence-corrected chi connectivity index (χ0v) is 11.4. The highest BCUT2D eigenvalue weighted by molar-refractivity contribution is 6.30. The molecule has 1 atom stereocenters. The molecule has 1 unspecified atom stereocenters. The fourth-order valence-corrected chi connectivity index (χ4v) is 2.09. The maximum absolute atomic E-state index is 9.78. The lowest BCUT2D eigenvalue weighted by atomic mass is 10.1. The lowest BCUT2D eigenvalue weighted by Gasteiger charge is -2.17. The number of rotatable bonds is 4. The molecule has 0 saturated heterocycles. The summed E-state index contributed by atoms with van der Waals surface area (Å²) in [5.74, 6) is 0.187. The summed E-state index contributed by atoms with van der Waals surface area (Å²) in [5.41, 5.74) is 1.60. The second-order valence-electron chi connectivity index (χ2n) is 4.44. The van der Waals surface area contributed by atoms with Crippen LogP contribution in [0.15, 0.2) is 42.5 Å². The predicted octanol–water partition coefficient (Wildman–Crippen LogP) is 3.60. The lowest BCUT2D eigenvalue weighted by Crippen LogP contribution is -2.18. The Morgan fingerprint density at radius 3 is 2.21 bits per heavy atom. The van der Waals surface area contributed by atoms with Gasteiger partial charge in [0.25, 0.3) is 0 Å². The highest BCUT2D eigenvalue weighted by Crippen LogP contribution is 2.32. The summed E-state index contributed by atoms with van der Waals surface area (Å²) in [4.78, 5) is 0. The highest BCUT2D eigenvalue weighted by atomic mass is 35.5. The Labute approximate surface area is 117 Å². The van der Waals surface area contributed by atoms with Gasteiger partial charge in [-0.1, -0.05) is 29.8 Å². The van der Waals surface area contributed by atoms with Crippen LogP contribution in [-0.4, -0.2) is 10.2 Å². The van der Waals surface area contributed by atoms with Crippen molar-refractivity contribution in [2.75, 3.05) is 0 Å². The van der Waals surface area contributed by atoms with Crippen molar-refractivity contribution in [3.05, 3.63) is 58.6 Å². The molecule has 2 rings (SSSR count). The molecule has 0 spiro atoms. The van der Waals surface area contributed by atoms with Crippen LogP contribution in [0.4, 0.5) is 0 Å². The summed E-state index contributed by atoms with van der Waals surface area (Å²) in [6.45, 7) is 2.52. The summed E-state index contributed by atoms with van der Waals surface area (Å²) < 4.78 is 0. The third-order valence-electron chi connectivity index (χ3n) is 3.02. The van der Waals surface area contributed by atoms with Crippen LogP contribution in [0.5, 0.6) is 11.5 Å². The summed E-state index contributed by atoms with van der Waals surface area (Å²) in [6.07, 6.45) is 0. The third-order valence-corrected chi connectivity index (χ3v) is 3.27. The predicted molar refractivity (Wildman–Crippen MR) is 76.5 cm³/mol. The SMILES string of the molecule is CC(NCc1ccc(Cl)cc1)c1c(O)cccc1O. The second-order valence-corrected chi connectivity index (χ2v) is 4.88. The van der Waals surface area contributed by atoms with Gasteiger partial charge in [-0.2, -0.15) is 0 Å². The van der Waals surface area contributed by atoms with Crippen molar-refractivity contribution in [2.24, 2.45) is 0 Å². The number of halogens is 1. The van der Waals surface area contributed by atoms with Crippen molar-refractivity contribution in [2.45, 2.75) is 19.5 Å². The van der Waals surface area contributed by atoms with E-state index >= 15 is 0 Å². The monoisotopic (exact) mass is 277 g/mol. The highest BCUT2D eigenvalue weighted by Gasteiger charge is 2.14. The molecule has 0 aliphatic rings. The quantitative estimate of drug-likeness (QED) is 0.800. The molecule has 0 amide bonds. The van der Waals surface area contributed by atoms with Crippen molar-refractivity contribution >= 4 is 11.6 Å². The maximum Gasteiger partial charge on any atom is 0.124 e. The number of phenolic OH excluding ortho intramolecular Hbond substituents is 2. The van der Waals surface area contributed by atoms with Gasteiger partial charge in [0.2, 0.25) is 0 Å². The topological polar surface area (TPSA) is 52.5 Å². The van der Waals surface area contributed by atoms with Crippen LogP contribution in [0.1, 0.15) is 24.1 Å². The third kappa shape index (κ3) is 3.40. The average molecular weight is 278 g/mol. The van der Waals surface area contributed by atoms with Gasteiger partial charge in [-0.25, -0.2) is 0 Å². The van der Waals surface area contributed by atoms with Crippen LogP contribution in [0.2, 0.25) is 5.02 Å². The molecule has 4 heteroatoms. The minimum atomic E-state index is -0.156. The number of hydrogen-bond acceptors (Lipinski definition) is 3. The zero-order chi connectivity index (χ0) is 13.8. The summed E-state index contributed by atoms with van der Waals surface area (Å²) in [7, 11) is 0. The van der Waals surface area contributed by atoms with Gasteiger partial charge in [-0.05, 0) is 36.8 Å². The fourth-order valence-electron chi connectivity index (χ4n) is 1.96. The maximum atomic E-state index is 9.78. The van der Waals surface area contributed by atoms with Crippen molar-refractivity contribution in [3.8, 4) is 11.5 Å². The first-order valence-electron chi connectivity index (χ1n) is 6.06. The van der Waals surface area contributed by atoms with E-state index < -0.39 is 0 Å². The molecule has 0 radical (unpaired) electrons. The van der Waals surface area contributed by atoms with Gasteiger partial charge in [0, 0.05) is 17.6 Å². The second kappa shape index (κ2) is 5.95. The Hall–Kier alpha value is -1.71. The Bertz CT molecular complexity index is 534. The first-order chi connectivity index (χ1) is 9.08. The molecule has 0 aliphatic carbocycles. The molecular formula is C15H16ClNO2. The number of nitrogens with one attached hydrogen (secondary N) is 1. The van der Waals surface area contributed by atoms with E-state index in [9.17, 15) is 10.2 Å². The Morgan fingerprint density at radius 1 is 1.05 bits per heavy atom. The van der Waals surface area contributed by atoms with Crippen LogP contribution in [0, 0.1) is 0 Å². The number of hydrogen-bond donors (Lipinski definition) is 3. The normalized spacial score (nSPS) is 12.3. The van der Waals surface area contributed by atoms with Gasteiger partial charge in [0.05, 0.1) is 5.56 Å². The van der Waals surface area contributed by atoms with Crippen LogP contribution in [-0.2, 0) is 6.54 Å². The van der Waals surface area contributed by atoms with E-state index in [1.165, 1.54) is 0 Å². The van der Waals surface area contributed by atoms with Gasteiger partial charge in [-0.3, -0.25) is 0 Å². The Morgan fingerprint density at radius 2 is 1.63 bits per heavy atom. The summed E-state index contributed by atoms with van der Waals surface area (Å²) in [6, 6.07) is 12.1. The molecular weight excluding hydrogens is 262 g/mol. The molecule has 0 heterocycles. The minimum Gasteiger partial charge on any atom is -0.507 e. The van der Waals surface area contributed by atoms with Gasteiger partial charge in [0.1, 0.15) is 11.5 Å². The molecule has 2 aromatic rings. The molecule has 19 heavy (non-hydrogen) atoms. The largest absolute Gasteiger partial charge is 0.507 e. The lowest BCUT2D eigenvalue weighted by molar-refractivity contribution is 0.418. The van der Waals surface area contributed by atoms with Crippen LogP contribution in [0.25, 0.3) is 0 Å². The minimum absolute atomic E-state index is 0.0936. The van der Waals surface area contributed by atoms with Gasteiger partial charge in [0.15, 0.2) is 0 Å². The average Bonchev–Trinajstić information content (AvgIpc) is 2.38. The molecule has 100 valence electrons. The van der Waals surface area contributed by atoms with E-state index in [0.29, 0.717) is 17.1 Å². The van der Waals surface area contributed by atoms with E-state index in [0.717, 1.165) is 5.56 Å². The molecule has 0 aliphatic heterocycles. The molecule has 0 aromatic heterocycles. The van der Waals surface area contributed by atoms with Crippen LogP contribution >= 0.6 is 11.6 Å². The molecule has 0 fully saturated rings. The molecule has 0 bridgehead atoms. The molecule has 0 saturated carbocycles. The van der Waals surface area contributed by atoms with Crippen molar-refractivity contribution in [1.82, 2.24) is 5.32 Å². The van der Waals surface area contributed by atoms with E-state index in [-0.39, 0.29) is 17.5 Å². The van der Waals surface area contributed by atoms with Crippen LogP contribution in [0.3, 0.4) is 0 Å².